The number of carbonyl (C=O) groups excluding carboxylic acids is 1. The van der Waals surface area contributed by atoms with Gasteiger partial charge in [0.25, 0.3) is 5.91 Å². The number of benzene rings is 2. The van der Waals surface area contributed by atoms with E-state index in [1.807, 2.05) is 18.2 Å². The number of amides is 1. The van der Waals surface area contributed by atoms with Crippen LogP contribution in [-0.4, -0.2) is 62.8 Å². The van der Waals surface area contributed by atoms with Crippen LogP contribution in [0.25, 0.3) is 0 Å². The highest BCUT2D eigenvalue weighted by Gasteiger charge is 2.29. The van der Waals surface area contributed by atoms with E-state index in [1.54, 1.807) is 23.1 Å². The minimum atomic E-state index is -3.54. The standard InChI is InChI=1S/C22H26ClN3O3S/c1-17-7-8-19(23)16-21(17)24-11-13-25(14-12-24)22(27)18-5-4-6-20(15-18)30(28,29)26-9-2-3-10-26/h4-8,15-16H,2-3,9-14H2,1H3. The Bertz CT molecular complexity index is 1040. The topological polar surface area (TPSA) is 60.9 Å². The number of sulfonamides is 1. The maximum atomic E-state index is 13.0. The molecule has 0 saturated carbocycles. The van der Waals surface area contributed by atoms with E-state index in [0.717, 1.165) is 24.1 Å². The molecular weight excluding hydrogens is 422 g/mol. The molecule has 2 aromatic carbocycles. The number of rotatable bonds is 4. The molecular formula is C22H26ClN3O3S. The highest BCUT2D eigenvalue weighted by molar-refractivity contribution is 7.89. The van der Waals surface area contributed by atoms with E-state index in [4.69, 9.17) is 11.6 Å². The fourth-order valence-corrected chi connectivity index (χ4v) is 5.85. The zero-order chi connectivity index (χ0) is 21.3. The summed E-state index contributed by atoms with van der Waals surface area (Å²) in [5, 5.41) is 0.699. The molecule has 8 heteroatoms. The number of carbonyl (C=O) groups is 1. The minimum absolute atomic E-state index is 0.129. The molecule has 2 heterocycles. The van der Waals surface area contributed by atoms with Gasteiger partial charge in [0.2, 0.25) is 10.0 Å². The van der Waals surface area contributed by atoms with Gasteiger partial charge in [-0.25, -0.2) is 8.42 Å². The largest absolute Gasteiger partial charge is 0.368 e. The number of aryl methyl sites for hydroxylation is 1. The van der Waals surface area contributed by atoms with Crippen LogP contribution >= 0.6 is 11.6 Å². The summed E-state index contributed by atoms with van der Waals surface area (Å²) in [7, 11) is -3.54. The summed E-state index contributed by atoms with van der Waals surface area (Å²) in [6.07, 6.45) is 1.77. The maximum absolute atomic E-state index is 13.0. The molecule has 0 unspecified atom stereocenters. The van der Waals surface area contributed by atoms with Crippen molar-refractivity contribution < 1.29 is 13.2 Å². The zero-order valence-corrected chi connectivity index (χ0v) is 18.6. The van der Waals surface area contributed by atoms with Crippen molar-refractivity contribution in [3.05, 3.63) is 58.6 Å². The van der Waals surface area contributed by atoms with Crippen LogP contribution in [0.1, 0.15) is 28.8 Å². The molecule has 6 nitrogen and oxygen atoms in total. The normalized spacial score (nSPS) is 18.1. The molecule has 160 valence electrons. The van der Waals surface area contributed by atoms with Crippen molar-refractivity contribution in [2.75, 3.05) is 44.2 Å². The molecule has 1 amide bonds. The SMILES string of the molecule is Cc1ccc(Cl)cc1N1CCN(C(=O)c2cccc(S(=O)(=O)N3CCCC3)c2)CC1. The molecule has 0 spiro atoms. The molecule has 0 aromatic heterocycles. The number of piperazine rings is 1. The van der Waals surface area contributed by atoms with Crippen LogP contribution in [0.2, 0.25) is 5.02 Å². The second-order valence-corrected chi connectivity index (χ2v) is 10.2. The summed E-state index contributed by atoms with van der Waals surface area (Å²) in [6.45, 7) is 5.71. The molecule has 0 bridgehead atoms. The molecule has 2 aliphatic heterocycles. The second kappa shape index (κ2) is 8.57. The lowest BCUT2D eigenvalue weighted by Crippen LogP contribution is -2.49. The van der Waals surface area contributed by atoms with E-state index in [2.05, 4.69) is 11.8 Å². The van der Waals surface area contributed by atoms with Crippen LogP contribution in [0.15, 0.2) is 47.4 Å². The number of hydrogen-bond acceptors (Lipinski definition) is 4. The van der Waals surface area contributed by atoms with Crippen LogP contribution in [0.5, 0.6) is 0 Å². The van der Waals surface area contributed by atoms with Crippen molar-refractivity contribution in [2.24, 2.45) is 0 Å². The van der Waals surface area contributed by atoms with E-state index in [0.29, 0.717) is 49.9 Å². The minimum Gasteiger partial charge on any atom is -0.368 e. The lowest BCUT2D eigenvalue weighted by atomic mass is 10.1. The monoisotopic (exact) mass is 447 g/mol. The first-order valence-corrected chi connectivity index (χ1v) is 12.1. The summed E-state index contributed by atoms with van der Waals surface area (Å²) in [5.74, 6) is -0.129. The maximum Gasteiger partial charge on any atom is 0.254 e. The van der Waals surface area contributed by atoms with Crippen molar-refractivity contribution in [3.8, 4) is 0 Å². The lowest BCUT2D eigenvalue weighted by molar-refractivity contribution is 0.0746. The van der Waals surface area contributed by atoms with Gasteiger partial charge in [-0.2, -0.15) is 4.31 Å². The fraction of sp³-hybridized carbons (Fsp3) is 0.409. The van der Waals surface area contributed by atoms with E-state index >= 15 is 0 Å². The number of halogens is 1. The average Bonchev–Trinajstić information content (AvgIpc) is 3.31. The molecule has 0 N–H and O–H groups in total. The van der Waals surface area contributed by atoms with E-state index in [9.17, 15) is 13.2 Å². The summed E-state index contributed by atoms with van der Waals surface area (Å²) >= 11 is 6.15. The van der Waals surface area contributed by atoms with Gasteiger partial charge in [-0.15, -0.1) is 0 Å². The van der Waals surface area contributed by atoms with Crippen LogP contribution in [0.3, 0.4) is 0 Å². The van der Waals surface area contributed by atoms with E-state index in [1.165, 1.54) is 10.4 Å². The molecule has 2 saturated heterocycles. The van der Waals surface area contributed by atoms with Crippen LogP contribution < -0.4 is 4.90 Å². The van der Waals surface area contributed by atoms with Crippen molar-refractivity contribution >= 4 is 33.2 Å². The fourth-order valence-electron chi connectivity index (χ4n) is 4.12. The van der Waals surface area contributed by atoms with E-state index in [-0.39, 0.29) is 10.8 Å². The molecule has 2 aromatic rings. The Kier molecular flexibility index (Phi) is 6.04. The number of anilines is 1. The third-order valence-corrected chi connectivity index (χ3v) is 7.99. The zero-order valence-electron chi connectivity index (χ0n) is 17.1. The first-order chi connectivity index (χ1) is 14.4. The Morgan fingerprint density at radius 3 is 2.33 bits per heavy atom. The number of hydrogen-bond donors (Lipinski definition) is 0. The summed E-state index contributed by atoms with van der Waals surface area (Å²) in [5.41, 5.74) is 2.66. The van der Waals surface area contributed by atoms with Crippen LogP contribution in [-0.2, 0) is 10.0 Å². The highest BCUT2D eigenvalue weighted by atomic mass is 35.5. The van der Waals surface area contributed by atoms with Gasteiger partial charge in [0, 0.05) is 55.5 Å². The highest BCUT2D eigenvalue weighted by Crippen LogP contribution is 2.26. The Morgan fingerprint density at radius 1 is 0.933 bits per heavy atom. The van der Waals surface area contributed by atoms with Gasteiger partial charge in [0.05, 0.1) is 4.90 Å². The van der Waals surface area contributed by atoms with Crippen molar-refractivity contribution in [2.45, 2.75) is 24.7 Å². The molecule has 2 aliphatic rings. The molecule has 2 fully saturated rings. The molecule has 0 radical (unpaired) electrons. The Labute approximate surface area is 183 Å². The first-order valence-electron chi connectivity index (χ1n) is 10.3. The predicted molar refractivity (Wildman–Crippen MR) is 119 cm³/mol. The Balaban J connectivity index is 1.46. The van der Waals surface area contributed by atoms with Gasteiger partial charge in [-0.05, 0) is 55.7 Å². The van der Waals surface area contributed by atoms with Crippen molar-refractivity contribution in [1.82, 2.24) is 9.21 Å². The van der Waals surface area contributed by atoms with Gasteiger partial charge in [-0.1, -0.05) is 23.7 Å². The Morgan fingerprint density at radius 2 is 1.63 bits per heavy atom. The van der Waals surface area contributed by atoms with Gasteiger partial charge in [-0.3, -0.25) is 4.79 Å². The third-order valence-electron chi connectivity index (χ3n) is 5.86. The van der Waals surface area contributed by atoms with Crippen molar-refractivity contribution in [1.29, 1.82) is 0 Å². The first kappa shape index (κ1) is 21.2. The lowest BCUT2D eigenvalue weighted by Gasteiger charge is -2.37. The van der Waals surface area contributed by atoms with Gasteiger partial charge < -0.3 is 9.80 Å². The second-order valence-electron chi connectivity index (χ2n) is 7.85. The summed E-state index contributed by atoms with van der Waals surface area (Å²) in [6, 6.07) is 12.3. The van der Waals surface area contributed by atoms with Gasteiger partial charge >= 0.3 is 0 Å². The number of nitrogens with zero attached hydrogens (tertiary/aromatic N) is 3. The molecule has 30 heavy (non-hydrogen) atoms. The summed E-state index contributed by atoms with van der Waals surface area (Å²) in [4.78, 5) is 17.3. The van der Waals surface area contributed by atoms with Crippen LogP contribution in [0, 0.1) is 6.92 Å². The van der Waals surface area contributed by atoms with Gasteiger partial charge in [0.15, 0.2) is 0 Å². The molecule has 0 atom stereocenters. The Hall–Kier alpha value is -2.09. The van der Waals surface area contributed by atoms with E-state index < -0.39 is 10.0 Å². The van der Waals surface area contributed by atoms with Crippen molar-refractivity contribution in [3.63, 3.8) is 0 Å². The van der Waals surface area contributed by atoms with Gasteiger partial charge in [0.1, 0.15) is 0 Å². The quantitative estimate of drug-likeness (QED) is 0.720. The average molecular weight is 448 g/mol. The predicted octanol–water partition coefficient (Wildman–Crippen LogP) is 3.40. The summed E-state index contributed by atoms with van der Waals surface area (Å²) < 4.78 is 27.2. The van der Waals surface area contributed by atoms with Crippen LogP contribution in [0.4, 0.5) is 5.69 Å². The third kappa shape index (κ3) is 4.19. The smallest absolute Gasteiger partial charge is 0.254 e. The molecule has 4 rings (SSSR count). The molecule has 0 aliphatic carbocycles.